The Kier molecular flexibility index (Phi) is 3.53. The number of rotatable bonds is 1. The van der Waals surface area contributed by atoms with Gasteiger partial charge < -0.3 is 0 Å². The van der Waals surface area contributed by atoms with Gasteiger partial charge in [-0.1, -0.05) is 6.92 Å². The molecule has 0 aromatic heterocycles. The van der Waals surface area contributed by atoms with E-state index in [4.69, 9.17) is 0 Å². The van der Waals surface area contributed by atoms with Crippen LogP contribution in [0.4, 0.5) is 13.2 Å². The number of halogens is 4. The standard InChI is InChI=1S/C5H6F3I/c1-2-4(9)3-5(6,7)8/h3H,2H2,1H3. The van der Waals surface area contributed by atoms with Crippen LogP contribution in [-0.4, -0.2) is 6.18 Å². The molecule has 0 nitrogen and oxygen atoms in total. The topological polar surface area (TPSA) is 0 Å². The van der Waals surface area contributed by atoms with Crippen LogP contribution in [0.5, 0.6) is 0 Å². The average molecular weight is 250 g/mol. The van der Waals surface area contributed by atoms with Gasteiger partial charge in [0.1, 0.15) is 0 Å². The zero-order valence-electron chi connectivity index (χ0n) is 4.80. The Hall–Kier alpha value is 0.260. The second-order valence-corrected chi connectivity index (χ2v) is 2.87. The van der Waals surface area contributed by atoms with Crippen LogP contribution in [-0.2, 0) is 0 Å². The van der Waals surface area contributed by atoms with Crippen molar-refractivity contribution in [1.82, 2.24) is 0 Å². The van der Waals surface area contributed by atoms with Crippen molar-refractivity contribution in [3.8, 4) is 0 Å². The highest BCUT2D eigenvalue weighted by molar-refractivity contribution is 14.1. The molecule has 4 heteroatoms. The van der Waals surface area contributed by atoms with Crippen LogP contribution in [0, 0.1) is 0 Å². The van der Waals surface area contributed by atoms with Gasteiger partial charge in [-0.25, -0.2) is 0 Å². The van der Waals surface area contributed by atoms with Gasteiger partial charge in [0, 0.05) is 6.08 Å². The van der Waals surface area contributed by atoms with Gasteiger partial charge in [0.15, 0.2) is 0 Å². The third kappa shape index (κ3) is 6.14. The molecule has 0 amide bonds. The molecule has 0 rings (SSSR count). The third-order valence-electron chi connectivity index (χ3n) is 0.658. The van der Waals surface area contributed by atoms with E-state index in [1.54, 1.807) is 29.5 Å². The van der Waals surface area contributed by atoms with Crippen molar-refractivity contribution in [2.75, 3.05) is 0 Å². The molecule has 0 bridgehead atoms. The largest absolute Gasteiger partial charge is 0.410 e. The molecule has 0 spiro atoms. The van der Waals surface area contributed by atoms with Gasteiger partial charge in [0.25, 0.3) is 0 Å². The molecule has 54 valence electrons. The monoisotopic (exact) mass is 250 g/mol. The van der Waals surface area contributed by atoms with Crippen molar-refractivity contribution in [2.24, 2.45) is 0 Å². The van der Waals surface area contributed by atoms with Crippen LogP contribution in [0.25, 0.3) is 0 Å². The molecule has 0 N–H and O–H groups in total. The summed E-state index contributed by atoms with van der Waals surface area (Å²) >= 11 is 1.67. The van der Waals surface area contributed by atoms with Gasteiger partial charge in [-0.3, -0.25) is 0 Å². The highest BCUT2D eigenvalue weighted by Crippen LogP contribution is 2.22. The Morgan fingerprint density at radius 2 is 2.00 bits per heavy atom. The molecule has 0 aromatic rings. The summed E-state index contributed by atoms with van der Waals surface area (Å²) in [5.41, 5.74) is 0. The highest BCUT2D eigenvalue weighted by atomic mass is 127. The van der Waals surface area contributed by atoms with Crippen molar-refractivity contribution in [2.45, 2.75) is 19.5 Å². The van der Waals surface area contributed by atoms with Crippen molar-refractivity contribution < 1.29 is 13.2 Å². The predicted molar refractivity (Wildman–Crippen MR) is 38.4 cm³/mol. The predicted octanol–water partition coefficient (Wildman–Crippen LogP) is 3.28. The lowest BCUT2D eigenvalue weighted by molar-refractivity contribution is -0.0801. The third-order valence-corrected chi connectivity index (χ3v) is 1.73. The van der Waals surface area contributed by atoms with Gasteiger partial charge in [0.05, 0.1) is 0 Å². The van der Waals surface area contributed by atoms with Gasteiger partial charge in [-0.05, 0) is 32.6 Å². The molecule has 0 saturated heterocycles. The van der Waals surface area contributed by atoms with Crippen molar-refractivity contribution in [3.05, 3.63) is 9.66 Å². The summed E-state index contributed by atoms with van der Waals surface area (Å²) in [6.07, 6.45) is -3.39. The van der Waals surface area contributed by atoms with Crippen molar-refractivity contribution in [3.63, 3.8) is 0 Å². The molecular formula is C5H6F3I. The van der Waals surface area contributed by atoms with Crippen LogP contribution >= 0.6 is 22.6 Å². The first-order valence-electron chi connectivity index (χ1n) is 2.39. The summed E-state index contributed by atoms with van der Waals surface area (Å²) in [5.74, 6) is 0. The molecule has 0 aromatic carbocycles. The van der Waals surface area contributed by atoms with Crippen LogP contribution in [0.3, 0.4) is 0 Å². The average Bonchev–Trinajstić information content (AvgIpc) is 1.62. The minimum Gasteiger partial charge on any atom is -0.167 e. The normalized spacial score (nSPS) is 14.1. The smallest absolute Gasteiger partial charge is 0.167 e. The molecule has 9 heavy (non-hydrogen) atoms. The second kappa shape index (κ2) is 3.43. The first kappa shape index (κ1) is 9.26. The van der Waals surface area contributed by atoms with Crippen LogP contribution < -0.4 is 0 Å². The maximum atomic E-state index is 11.4. The van der Waals surface area contributed by atoms with E-state index in [1.165, 1.54) is 0 Å². The van der Waals surface area contributed by atoms with Gasteiger partial charge in [-0.2, -0.15) is 13.2 Å². The van der Waals surface area contributed by atoms with Crippen molar-refractivity contribution in [1.29, 1.82) is 0 Å². The van der Waals surface area contributed by atoms with Crippen LogP contribution in [0.15, 0.2) is 9.66 Å². The van der Waals surface area contributed by atoms with Gasteiger partial charge in [-0.15, -0.1) is 0 Å². The molecule has 0 radical (unpaired) electrons. The fraction of sp³-hybridized carbons (Fsp3) is 0.600. The van der Waals surface area contributed by atoms with Gasteiger partial charge in [0.2, 0.25) is 0 Å². The summed E-state index contributed by atoms with van der Waals surface area (Å²) in [6.45, 7) is 1.68. The lowest BCUT2D eigenvalue weighted by Crippen LogP contribution is -2.01. The minimum atomic E-state index is -4.15. The Balaban J connectivity index is 3.95. The van der Waals surface area contributed by atoms with E-state index < -0.39 is 6.18 Å². The summed E-state index contributed by atoms with van der Waals surface area (Å²) < 4.78 is 34.6. The van der Waals surface area contributed by atoms with E-state index >= 15 is 0 Å². The molecule has 0 aliphatic carbocycles. The fourth-order valence-electron chi connectivity index (χ4n) is 0.280. The molecular weight excluding hydrogens is 244 g/mol. The first-order chi connectivity index (χ1) is 3.95. The maximum absolute atomic E-state index is 11.4. The highest BCUT2D eigenvalue weighted by Gasteiger charge is 2.23. The molecule has 0 saturated carbocycles. The quantitative estimate of drug-likeness (QED) is 0.626. The van der Waals surface area contributed by atoms with E-state index in [1.807, 2.05) is 0 Å². The first-order valence-corrected chi connectivity index (χ1v) is 3.47. The summed E-state index contributed by atoms with van der Waals surface area (Å²) in [6, 6.07) is 0. The van der Waals surface area contributed by atoms with Gasteiger partial charge >= 0.3 is 6.18 Å². The molecule has 0 unspecified atom stereocenters. The Morgan fingerprint density at radius 3 is 2.11 bits per heavy atom. The van der Waals surface area contributed by atoms with E-state index in [0.717, 1.165) is 0 Å². The SMILES string of the molecule is CCC(I)=CC(F)(F)F. The zero-order chi connectivity index (χ0) is 7.49. The summed E-state index contributed by atoms with van der Waals surface area (Å²) in [5, 5.41) is 0. The van der Waals surface area contributed by atoms with E-state index in [0.29, 0.717) is 16.1 Å². The van der Waals surface area contributed by atoms with Crippen LogP contribution in [0.2, 0.25) is 0 Å². The maximum Gasteiger partial charge on any atom is 0.410 e. The Morgan fingerprint density at radius 1 is 1.56 bits per heavy atom. The minimum absolute atomic E-state index is 0.313. The number of alkyl halides is 3. The fourth-order valence-corrected chi connectivity index (χ4v) is 0.633. The number of hydrogen-bond donors (Lipinski definition) is 0. The van der Waals surface area contributed by atoms with Crippen molar-refractivity contribution >= 4 is 22.6 Å². The molecule has 0 aliphatic heterocycles. The Bertz CT molecular complexity index is 114. The second-order valence-electron chi connectivity index (χ2n) is 1.49. The van der Waals surface area contributed by atoms with Crippen LogP contribution in [0.1, 0.15) is 13.3 Å². The molecule has 0 fully saturated rings. The Labute approximate surface area is 65.3 Å². The van der Waals surface area contributed by atoms with E-state index in [2.05, 4.69) is 0 Å². The summed E-state index contributed by atoms with van der Waals surface area (Å²) in [4.78, 5) is 0. The molecule has 0 atom stereocenters. The molecule has 0 heterocycles. The number of allylic oxidation sites excluding steroid dienone is 2. The lowest BCUT2D eigenvalue weighted by Gasteiger charge is -1.98. The number of hydrogen-bond acceptors (Lipinski definition) is 0. The molecule has 0 aliphatic rings. The zero-order valence-corrected chi connectivity index (χ0v) is 6.95. The lowest BCUT2D eigenvalue weighted by atomic mass is 10.4. The summed E-state index contributed by atoms with van der Waals surface area (Å²) in [7, 11) is 0. The van der Waals surface area contributed by atoms with E-state index in [9.17, 15) is 13.2 Å². The van der Waals surface area contributed by atoms with E-state index in [-0.39, 0.29) is 0 Å².